The second kappa shape index (κ2) is 9.25. The summed E-state index contributed by atoms with van der Waals surface area (Å²) in [5, 5.41) is 0. The Morgan fingerprint density at radius 1 is 0.952 bits per heavy atom. The largest absolute Gasteiger partial charge is 0.376 e. The highest BCUT2D eigenvalue weighted by Crippen LogP contribution is 2.25. The monoisotopic (exact) mass is 290 g/mol. The maximum Gasteiger partial charge on any atom is 0.0598 e. The number of hydrogen-bond donors (Lipinski definition) is 0. The third-order valence-corrected chi connectivity index (χ3v) is 3.97. The van der Waals surface area contributed by atoms with Crippen molar-refractivity contribution in [2.24, 2.45) is 0 Å². The Bertz CT molecular complexity index is 385. The fourth-order valence-corrected chi connectivity index (χ4v) is 2.69. The van der Waals surface area contributed by atoms with Crippen LogP contribution in [0.15, 0.2) is 34.9 Å². The molecule has 1 rings (SSSR count). The zero-order valence-corrected chi connectivity index (χ0v) is 14.8. The molecule has 0 aromatic heterocycles. The van der Waals surface area contributed by atoms with Crippen molar-refractivity contribution in [2.45, 2.75) is 85.2 Å². The first kappa shape index (κ1) is 18.2. The highest BCUT2D eigenvalue weighted by molar-refractivity contribution is 5.48. The number of hydrogen-bond acceptors (Lipinski definition) is 1. The number of allylic oxidation sites excluding steroid dienone is 6. The average Bonchev–Trinajstić information content (AvgIpc) is 2.86. The molecule has 21 heavy (non-hydrogen) atoms. The molecular weight excluding hydrogens is 256 g/mol. The summed E-state index contributed by atoms with van der Waals surface area (Å²) in [6, 6.07) is 0. The van der Waals surface area contributed by atoms with Gasteiger partial charge in [-0.1, -0.05) is 50.5 Å². The fourth-order valence-electron chi connectivity index (χ4n) is 2.69. The summed E-state index contributed by atoms with van der Waals surface area (Å²) >= 11 is 0. The molecule has 0 N–H and O–H groups in total. The van der Waals surface area contributed by atoms with E-state index in [1.807, 2.05) is 0 Å². The van der Waals surface area contributed by atoms with E-state index in [1.165, 1.54) is 56.1 Å². The molecule has 0 radical (unpaired) electrons. The van der Waals surface area contributed by atoms with Gasteiger partial charge in [0.1, 0.15) is 0 Å². The number of ether oxygens (including phenoxy) is 1. The zero-order valence-electron chi connectivity index (χ0n) is 14.8. The minimum absolute atomic E-state index is 0.0124. The van der Waals surface area contributed by atoms with Crippen LogP contribution < -0.4 is 0 Å². The summed E-state index contributed by atoms with van der Waals surface area (Å²) < 4.78 is 5.75. The van der Waals surface area contributed by atoms with Crippen LogP contribution >= 0.6 is 0 Å². The highest BCUT2D eigenvalue weighted by Gasteiger charge is 2.09. The van der Waals surface area contributed by atoms with E-state index in [9.17, 15) is 0 Å². The highest BCUT2D eigenvalue weighted by atomic mass is 16.5. The van der Waals surface area contributed by atoms with E-state index >= 15 is 0 Å². The van der Waals surface area contributed by atoms with Crippen LogP contribution in [0.3, 0.4) is 0 Å². The lowest BCUT2D eigenvalue weighted by Crippen LogP contribution is -2.19. The lowest BCUT2D eigenvalue weighted by molar-refractivity contribution is -0.00473. The van der Waals surface area contributed by atoms with E-state index < -0.39 is 0 Å². The lowest BCUT2D eigenvalue weighted by atomic mass is 10.0. The summed E-state index contributed by atoms with van der Waals surface area (Å²) in [6.07, 6.45) is 15.7. The second-order valence-corrected chi connectivity index (χ2v) is 6.94. The zero-order chi connectivity index (χ0) is 15.7. The molecular formula is C20H34O. The molecule has 1 heteroatoms. The van der Waals surface area contributed by atoms with Gasteiger partial charge in [0, 0.05) is 6.61 Å². The van der Waals surface area contributed by atoms with Crippen molar-refractivity contribution in [2.75, 3.05) is 6.61 Å². The van der Waals surface area contributed by atoms with Crippen LogP contribution in [-0.4, -0.2) is 12.2 Å². The van der Waals surface area contributed by atoms with Crippen LogP contribution in [0.1, 0.15) is 79.6 Å². The van der Waals surface area contributed by atoms with Crippen LogP contribution in [0.5, 0.6) is 0 Å². The Hall–Kier alpha value is -0.820. The van der Waals surface area contributed by atoms with Crippen molar-refractivity contribution in [1.82, 2.24) is 0 Å². The van der Waals surface area contributed by atoms with Gasteiger partial charge in [0.2, 0.25) is 0 Å². The molecule has 1 aliphatic rings. The van der Waals surface area contributed by atoms with Gasteiger partial charge in [0.05, 0.1) is 5.60 Å². The molecule has 0 saturated carbocycles. The minimum atomic E-state index is 0.0124. The van der Waals surface area contributed by atoms with Gasteiger partial charge in [0.25, 0.3) is 0 Å². The summed E-state index contributed by atoms with van der Waals surface area (Å²) in [5.74, 6) is 0. The Labute approximate surface area is 132 Å². The second-order valence-electron chi connectivity index (χ2n) is 6.94. The van der Waals surface area contributed by atoms with Gasteiger partial charge in [-0.05, 0) is 64.0 Å². The Kier molecular flexibility index (Phi) is 8.03. The van der Waals surface area contributed by atoms with Crippen LogP contribution in [0.4, 0.5) is 0 Å². The maximum absolute atomic E-state index is 5.75. The van der Waals surface area contributed by atoms with E-state index in [0.29, 0.717) is 0 Å². The standard InChI is InChI=1S/C20H34O/c1-6-18(7-2)19-14-13-17(16-19)12-10-8-9-11-15-21-20(3,4)5/h13-14,16H,6-12,15H2,1-5H3. The molecule has 0 spiro atoms. The van der Waals surface area contributed by atoms with Crippen molar-refractivity contribution in [1.29, 1.82) is 0 Å². The smallest absolute Gasteiger partial charge is 0.0598 e. The summed E-state index contributed by atoms with van der Waals surface area (Å²) in [4.78, 5) is 0. The van der Waals surface area contributed by atoms with Gasteiger partial charge in [-0.15, -0.1) is 0 Å². The summed E-state index contributed by atoms with van der Waals surface area (Å²) in [5.41, 5.74) is 4.57. The molecule has 0 unspecified atom stereocenters. The first-order valence-corrected chi connectivity index (χ1v) is 8.71. The van der Waals surface area contributed by atoms with E-state index in [1.54, 1.807) is 5.57 Å². The van der Waals surface area contributed by atoms with Crippen molar-refractivity contribution < 1.29 is 4.74 Å². The molecule has 0 aliphatic heterocycles. The minimum Gasteiger partial charge on any atom is -0.376 e. The van der Waals surface area contributed by atoms with Gasteiger partial charge in [0.15, 0.2) is 0 Å². The van der Waals surface area contributed by atoms with Crippen molar-refractivity contribution >= 4 is 0 Å². The molecule has 1 aliphatic carbocycles. The molecule has 0 atom stereocenters. The summed E-state index contributed by atoms with van der Waals surface area (Å²) in [7, 11) is 0. The van der Waals surface area contributed by atoms with Crippen LogP contribution in [-0.2, 0) is 4.74 Å². The Morgan fingerprint density at radius 3 is 2.24 bits per heavy atom. The fraction of sp³-hybridized carbons (Fsp3) is 0.700. The molecule has 0 heterocycles. The molecule has 0 aromatic carbocycles. The number of rotatable bonds is 9. The van der Waals surface area contributed by atoms with E-state index in [-0.39, 0.29) is 5.60 Å². The van der Waals surface area contributed by atoms with E-state index in [4.69, 9.17) is 4.74 Å². The third-order valence-electron chi connectivity index (χ3n) is 3.97. The third kappa shape index (κ3) is 7.66. The molecule has 0 bridgehead atoms. The quantitative estimate of drug-likeness (QED) is 0.449. The predicted octanol–water partition coefficient (Wildman–Crippen LogP) is 6.36. The van der Waals surface area contributed by atoms with Gasteiger partial charge in [-0.2, -0.15) is 0 Å². The van der Waals surface area contributed by atoms with E-state index in [2.05, 4.69) is 52.8 Å². The van der Waals surface area contributed by atoms with Gasteiger partial charge in [-0.3, -0.25) is 0 Å². The molecule has 120 valence electrons. The first-order valence-electron chi connectivity index (χ1n) is 8.71. The first-order chi connectivity index (χ1) is 9.96. The summed E-state index contributed by atoms with van der Waals surface area (Å²) in [6.45, 7) is 11.8. The normalized spacial score (nSPS) is 14.7. The lowest BCUT2D eigenvalue weighted by Gasteiger charge is -2.19. The molecule has 1 nitrogen and oxygen atoms in total. The van der Waals surface area contributed by atoms with Crippen molar-refractivity contribution in [3.05, 3.63) is 34.9 Å². The van der Waals surface area contributed by atoms with E-state index in [0.717, 1.165) is 6.61 Å². The van der Waals surface area contributed by atoms with Crippen LogP contribution in [0.25, 0.3) is 0 Å². The topological polar surface area (TPSA) is 9.23 Å². The average molecular weight is 290 g/mol. The maximum atomic E-state index is 5.75. The molecule has 0 amide bonds. The van der Waals surface area contributed by atoms with Crippen molar-refractivity contribution in [3.63, 3.8) is 0 Å². The number of unbranched alkanes of at least 4 members (excludes halogenated alkanes) is 3. The predicted molar refractivity (Wildman–Crippen MR) is 93.6 cm³/mol. The van der Waals surface area contributed by atoms with Gasteiger partial charge >= 0.3 is 0 Å². The Morgan fingerprint density at radius 2 is 1.62 bits per heavy atom. The van der Waals surface area contributed by atoms with Crippen LogP contribution in [0.2, 0.25) is 0 Å². The molecule has 0 aromatic rings. The molecule has 0 saturated heterocycles. The Balaban J connectivity index is 2.16. The molecule has 0 fully saturated rings. The van der Waals surface area contributed by atoms with Crippen molar-refractivity contribution in [3.8, 4) is 0 Å². The SMILES string of the molecule is CCC(CC)=C1C=CC(CCCCCCOC(C)(C)C)=C1. The van der Waals surface area contributed by atoms with Gasteiger partial charge < -0.3 is 4.74 Å². The van der Waals surface area contributed by atoms with Gasteiger partial charge in [-0.25, -0.2) is 0 Å². The van der Waals surface area contributed by atoms with Crippen LogP contribution in [0, 0.1) is 0 Å².